The van der Waals surface area contributed by atoms with E-state index in [1.54, 1.807) is 42.5 Å². The van der Waals surface area contributed by atoms with Gasteiger partial charge in [-0.05, 0) is 22.3 Å². The smallest absolute Gasteiger partial charge is 0.407 e. The molecule has 0 radical (unpaired) electrons. The summed E-state index contributed by atoms with van der Waals surface area (Å²) in [4.78, 5) is 37.3. The third-order valence-electron chi connectivity index (χ3n) is 7.60. The van der Waals surface area contributed by atoms with E-state index >= 15 is 0 Å². The lowest BCUT2D eigenvalue weighted by molar-refractivity contribution is -0.385. The van der Waals surface area contributed by atoms with Crippen molar-refractivity contribution in [1.29, 1.82) is 0 Å². The Kier molecular flexibility index (Phi) is 7.50. The zero-order valence-corrected chi connectivity index (χ0v) is 23.2. The standard InChI is InChI=1S/C33H26N2O6S/c36-30-24-13-5-6-14-25(24)31(37)29(30)32(26-15-7-8-16-28(26)35(39)40)42-18-17-34-33(38)41-19-27-22-11-3-1-9-20(22)21-10-2-4-12-23(21)27/h1-16,27,32,36H,17-19H2,(H,34,38). The zero-order chi connectivity index (χ0) is 29.2. The Balaban J connectivity index is 1.14. The van der Waals surface area contributed by atoms with Crippen LogP contribution < -0.4 is 5.32 Å². The average molecular weight is 579 g/mol. The van der Waals surface area contributed by atoms with Gasteiger partial charge >= 0.3 is 6.09 Å². The Morgan fingerprint density at radius 1 is 0.881 bits per heavy atom. The van der Waals surface area contributed by atoms with Crippen LogP contribution in [0.4, 0.5) is 10.5 Å². The van der Waals surface area contributed by atoms with Crippen molar-refractivity contribution < 1.29 is 24.4 Å². The Labute approximate surface area is 246 Å². The summed E-state index contributed by atoms with van der Waals surface area (Å²) in [6.07, 6.45) is -0.578. The maximum Gasteiger partial charge on any atom is 0.407 e. The number of rotatable bonds is 9. The molecular weight excluding hydrogens is 552 g/mol. The van der Waals surface area contributed by atoms with Crippen molar-refractivity contribution in [3.8, 4) is 11.1 Å². The monoisotopic (exact) mass is 578 g/mol. The van der Waals surface area contributed by atoms with Crippen LogP contribution in [0.3, 0.4) is 0 Å². The molecular formula is C33H26N2O6S. The number of ether oxygens (including phenoxy) is 1. The summed E-state index contributed by atoms with van der Waals surface area (Å²) < 4.78 is 5.61. The van der Waals surface area contributed by atoms with Gasteiger partial charge in [-0.1, -0.05) is 91.0 Å². The highest BCUT2D eigenvalue weighted by Gasteiger charge is 2.38. The SMILES string of the molecule is O=C(NCCSC(C1=C(O)c2ccccc2C1=O)c1ccccc1[N+](=O)[O-])OCC1c2ccccc2-c2ccccc21. The number of carbonyl (C=O) groups is 2. The molecule has 0 aliphatic heterocycles. The van der Waals surface area contributed by atoms with Gasteiger partial charge < -0.3 is 15.2 Å². The number of nitro groups is 1. The number of benzene rings is 4. The van der Waals surface area contributed by atoms with Gasteiger partial charge in [0, 0.05) is 41.0 Å². The quantitative estimate of drug-likeness (QED) is 0.124. The first kappa shape index (κ1) is 27.3. The first-order valence-corrected chi connectivity index (χ1v) is 14.5. The maximum atomic E-state index is 13.3. The van der Waals surface area contributed by atoms with Crippen LogP contribution in [-0.4, -0.2) is 40.8 Å². The Morgan fingerprint density at radius 2 is 1.45 bits per heavy atom. The third kappa shape index (κ3) is 4.92. The number of para-hydroxylation sites is 1. The molecule has 9 heteroatoms. The highest BCUT2D eigenvalue weighted by molar-refractivity contribution is 7.99. The predicted octanol–water partition coefficient (Wildman–Crippen LogP) is 7.07. The van der Waals surface area contributed by atoms with E-state index in [0.29, 0.717) is 22.4 Å². The topological polar surface area (TPSA) is 119 Å². The van der Waals surface area contributed by atoms with Crippen LogP contribution in [0.5, 0.6) is 0 Å². The maximum absolute atomic E-state index is 13.3. The summed E-state index contributed by atoms with van der Waals surface area (Å²) in [5.41, 5.74) is 5.51. The number of aliphatic hydroxyl groups is 1. The number of nitrogens with one attached hydrogen (secondary N) is 1. The normalized spacial score (nSPS) is 14.2. The number of nitrogens with zero attached hydrogens (tertiary/aromatic N) is 1. The molecule has 2 aliphatic rings. The van der Waals surface area contributed by atoms with Gasteiger partial charge in [0.15, 0.2) is 5.78 Å². The molecule has 0 saturated heterocycles. The number of aliphatic hydroxyl groups excluding tert-OH is 1. The molecule has 4 aromatic carbocycles. The van der Waals surface area contributed by atoms with E-state index < -0.39 is 16.3 Å². The molecule has 210 valence electrons. The van der Waals surface area contributed by atoms with Crippen molar-refractivity contribution in [2.24, 2.45) is 0 Å². The number of alkyl carbamates (subject to hydrolysis) is 1. The van der Waals surface area contributed by atoms with Crippen molar-refractivity contribution in [3.05, 3.63) is 141 Å². The number of nitro benzene ring substituents is 1. The highest BCUT2D eigenvalue weighted by Crippen LogP contribution is 2.47. The van der Waals surface area contributed by atoms with Crippen molar-refractivity contribution in [3.63, 3.8) is 0 Å². The first-order valence-electron chi connectivity index (χ1n) is 13.5. The molecule has 2 aliphatic carbocycles. The minimum absolute atomic E-state index is 0.0644. The summed E-state index contributed by atoms with van der Waals surface area (Å²) in [5.74, 6) is -0.314. The summed E-state index contributed by atoms with van der Waals surface area (Å²) in [6, 6.07) is 29.1. The minimum atomic E-state index is -0.823. The molecule has 2 N–H and O–H groups in total. The number of hydrogen-bond donors (Lipinski definition) is 2. The first-order chi connectivity index (χ1) is 20.5. The van der Waals surface area contributed by atoms with Gasteiger partial charge in [-0.3, -0.25) is 14.9 Å². The van der Waals surface area contributed by atoms with Gasteiger partial charge in [0.25, 0.3) is 5.69 Å². The molecule has 0 bridgehead atoms. The molecule has 0 heterocycles. The molecule has 0 saturated carbocycles. The minimum Gasteiger partial charge on any atom is -0.507 e. The predicted molar refractivity (Wildman–Crippen MR) is 162 cm³/mol. The van der Waals surface area contributed by atoms with Crippen LogP contribution in [0.15, 0.2) is 103 Å². The Morgan fingerprint density at radius 3 is 2.10 bits per heavy atom. The molecule has 4 aromatic rings. The molecule has 0 aromatic heterocycles. The second-order valence-corrected chi connectivity index (χ2v) is 11.2. The van der Waals surface area contributed by atoms with Crippen LogP contribution in [0.1, 0.15) is 43.8 Å². The molecule has 1 atom stereocenters. The van der Waals surface area contributed by atoms with E-state index in [2.05, 4.69) is 17.4 Å². The van der Waals surface area contributed by atoms with Crippen molar-refractivity contribution in [1.82, 2.24) is 5.32 Å². The fourth-order valence-electron chi connectivity index (χ4n) is 5.71. The number of ketones is 1. The summed E-state index contributed by atoms with van der Waals surface area (Å²) in [7, 11) is 0. The van der Waals surface area contributed by atoms with E-state index in [1.165, 1.54) is 17.8 Å². The van der Waals surface area contributed by atoms with Gasteiger partial charge in [0.1, 0.15) is 12.4 Å². The molecule has 0 spiro atoms. The largest absolute Gasteiger partial charge is 0.507 e. The van der Waals surface area contributed by atoms with Crippen molar-refractivity contribution >= 4 is 35.1 Å². The molecule has 1 unspecified atom stereocenters. The lowest BCUT2D eigenvalue weighted by Gasteiger charge is -2.19. The van der Waals surface area contributed by atoms with E-state index in [0.717, 1.165) is 22.3 Å². The molecule has 8 nitrogen and oxygen atoms in total. The number of carbonyl (C=O) groups excluding carboxylic acids is 2. The second-order valence-electron chi connectivity index (χ2n) is 9.96. The number of fused-ring (bicyclic) bond motifs is 4. The van der Waals surface area contributed by atoms with Crippen LogP contribution in [0, 0.1) is 10.1 Å². The zero-order valence-electron chi connectivity index (χ0n) is 22.4. The lowest BCUT2D eigenvalue weighted by atomic mass is 9.98. The number of amides is 1. The third-order valence-corrected chi connectivity index (χ3v) is 8.87. The van der Waals surface area contributed by atoms with Crippen LogP contribution in [0.25, 0.3) is 16.9 Å². The molecule has 1 amide bonds. The summed E-state index contributed by atoms with van der Waals surface area (Å²) >= 11 is 1.23. The van der Waals surface area contributed by atoms with E-state index in [1.807, 2.05) is 36.4 Å². The van der Waals surface area contributed by atoms with Gasteiger partial charge in [0.2, 0.25) is 0 Å². The van der Waals surface area contributed by atoms with Crippen molar-refractivity contribution in [2.75, 3.05) is 18.9 Å². The van der Waals surface area contributed by atoms with E-state index in [-0.39, 0.29) is 41.9 Å². The number of thioether (sulfide) groups is 1. The van der Waals surface area contributed by atoms with Crippen LogP contribution >= 0.6 is 11.8 Å². The Hall–Kier alpha value is -4.89. The number of hydrogen-bond acceptors (Lipinski definition) is 7. The average Bonchev–Trinajstić information content (AvgIpc) is 3.47. The molecule has 42 heavy (non-hydrogen) atoms. The fourth-order valence-corrected chi connectivity index (χ4v) is 6.93. The number of Topliss-reactive ketones (excluding diaryl/α,β-unsaturated/α-hetero) is 1. The van der Waals surface area contributed by atoms with Gasteiger partial charge in [0.05, 0.1) is 15.7 Å². The van der Waals surface area contributed by atoms with E-state index in [4.69, 9.17) is 4.74 Å². The second kappa shape index (κ2) is 11.5. The van der Waals surface area contributed by atoms with Gasteiger partial charge in [-0.15, -0.1) is 11.8 Å². The Bertz CT molecular complexity index is 1700. The van der Waals surface area contributed by atoms with Gasteiger partial charge in [-0.2, -0.15) is 0 Å². The molecule has 0 fully saturated rings. The van der Waals surface area contributed by atoms with Crippen LogP contribution in [0.2, 0.25) is 0 Å². The van der Waals surface area contributed by atoms with Crippen molar-refractivity contribution in [2.45, 2.75) is 11.2 Å². The van der Waals surface area contributed by atoms with E-state index in [9.17, 15) is 24.8 Å². The molecule has 6 rings (SSSR count). The van der Waals surface area contributed by atoms with Crippen LogP contribution in [-0.2, 0) is 4.74 Å². The lowest BCUT2D eigenvalue weighted by Crippen LogP contribution is -2.28. The fraction of sp³-hybridized carbons (Fsp3) is 0.152. The summed E-state index contributed by atoms with van der Waals surface area (Å²) in [6.45, 7) is 0.368. The summed E-state index contributed by atoms with van der Waals surface area (Å²) in [5, 5.41) is 24.8. The highest BCUT2D eigenvalue weighted by atomic mass is 32.2. The van der Waals surface area contributed by atoms with Gasteiger partial charge in [-0.25, -0.2) is 4.79 Å².